The number of ether oxygens (including phenoxy) is 2. The van der Waals surface area contributed by atoms with E-state index in [0.717, 1.165) is 36.1 Å². The van der Waals surface area contributed by atoms with E-state index in [-0.39, 0.29) is 12.1 Å². The molecule has 0 aromatic carbocycles. The van der Waals surface area contributed by atoms with E-state index in [1.54, 1.807) is 0 Å². The predicted molar refractivity (Wildman–Crippen MR) is 81.0 cm³/mol. The van der Waals surface area contributed by atoms with Crippen LogP contribution in [-0.4, -0.2) is 22.7 Å². The number of pyridine rings is 1. The highest BCUT2D eigenvalue weighted by molar-refractivity contribution is 5.94. The Labute approximate surface area is 130 Å². The van der Waals surface area contributed by atoms with Crippen LogP contribution in [0.15, 0.2) is 30.0 Å². The number of allylic oxidation sites excluding steroid dienone is 1. The van der Waals surface area contributed by atoms with Crippen LogP contribution in [0.5, 0.6) is 0 Å². The lowest BCUT2D eigenvalue weighted by Gasteiger charge is -2.38. The highest BCUT2D eigenvalue weighted by Crippen LogP contribution is 2.55. The topological polar surface area (TPSA) is 48.4 Å². The maximum absolute atomic E-state index is 12.2. The van der Waals surface area contributed by atoms with Gasteiger partial charge in [0.2, 0.25) is 0 Å². The summed E-state index contributed by atoms with van der Waals surface area (Å²) in [6.45, 7) is 4.61. The highest BCUT2D eigenvalue weighted by Gasteiger charge is 2.63. The molecule has 2 fully saturated rings. The van der Waals surface area contributed by atoms with Crippen LogP contribution >= 0.6 is 0 Å². The fourth-order valence-electron chi connectivity index (χ4n) is 4.30. The van der Waals surface area contributed by atoms with Gasteiger partial charge >= 0.3 is 5.97 Å². The van der Waals surface area contributed by atoms with Crippen LogP contribution in [0.3, 0.4) is 0 Å². The Morgan fingerprint density at radius 3 is 3.05 bits per heavy atom. The van der Waals surface area contributed by atoms with Crippen LogP contribution in [0.25, 0.3) is 0 Å². The van der Waals surface area contributed by atoms with E-state index in [4.69, 9.17) is 9.47 Å². The summed E-state index contributed by atoms with van der Waals surface area (Å²) in [6.07, 6.45) is 6.86. The van der Waals surface area contributed by atoms with Crippen molar-refractivity contribution in [2.24, 2.45) is 11.8 Å². The van der Waals surface area contributed by atoms with Crippen LogP contribution in [0, 0.1) is 18.8 Å². The van der Waals surface area contributed by atoms with Crippen molar-refractivity contribution in [3.05, 3.63) is 41.2 Å². The first-order valence-corrected chi connectivity index (χ1v) is 8.08. The molecule has 2 heterocycles. The third-order valence-electron chi connectivity index (χ3n) is 5.31. The zero-order chi connectivity index (χ0) is 15.3. The number of rotatable bonds is 3. The summed E-state index contributed by atoms with van der Waals surface area (Å²) in [6, 6.07) is 4.02. The molecular weight excluding hydrogens is 278 g/mol. The summed E-state index contributed by atoms with van der Waals surface area (Å²) in [4.78, 5) is 16.5. The Morgan fingerprint density at radius 1 is 1.41 bits per heavy atom. The standard InChI is InChI=1S/C18H21NO3/c1-11-7-14-5-6-16-18(14,15(8-11)17(20)22-16)21-10-13-4-3-12(2)19-9-13/h3-4,8-9,11,14,16H,5-7,10H2,1-2H3/t11?,14?,16-,18+/m1/s1. The van der Waals surface area contributed by atoms with Crippen molar-refractivity contribution in [1.82, 2.24) is 4.98 Å². The van der Waals surface area contributed by atoms with Crippen LogP contribution in [0.4, 0.5) is 0 Å². The van der Waals surface area contributed by atoms with Crippen molar-refractivity contribution in [2.75, 3.05) is 0 Å². The number of carbonyl (C=O) groups excluding carboxylic acids is 1. The molecule has 1 aromatic heterocycles. The molecule has 4 atom stereocenters. The van der Waals surface area contributed by atoms with E-state index in [1.807, 2.05) is 25.3 Å². The minimum atomic E-state index is -0.519. The molecule has 1 aliphatic heterocycles. The molecule has 2 unspecified atom stereocenters. The fraction of sp³-hybridized carbons (Fsp3) is 0.556. The molecule has 22 heavy (non-hydrogen) atoms. The van der Waals surface area contributed by atoms with Crippen molar-refractivity contribution in [3.63, 3.8) is 0 Å². The van der Waals surface area contributed by atoms with Gasteiger partial charge in [-0.3, -0.25) is 4.98 Å². The third kappa shape index (κ3) is 1.93. The Kier molecular flexibility index (Phi) is 3.12. The van der Waals surface area contributed by atoms with Crippen molar-refractivity contribution >= 4 is 5.97 Å². The summed E-state index contributed by atoms with van der Waals surface area (Å²) >= 11 is 0. The van der Waals surface area contributed by atoms with Gasteiger partial charge < -0.3 is 9.47 Å². The Morgan fingerprint density at radius 2 is 2.27 bits per heavy atom. The van der Waals surface area contributed by atoms with Crippen molar-refractivity contribution < 1.29 is 14.3 Å². The number of aromatic nitrogens is 1. The SMILES string of the molecule is Cc1ccc(CO[C@]23C4=CC(C)CC2CC[C@H]3OC4=O)cn1. The lowest BCUT2D eigenvalue weighted by atomic mass is 9.73. The van der Waals surface area contributed by atoms with Crippen LogP contribution in [-0.2, 0) is 20.9 Å². The first-order chi connectivity index (χ1) is 10.6. The Bertz CT molecular complexity index is 636. The molecular formula is C18H21NO3. The number of esters is 1. The van der Waals surface area contributed by atoms with Crippen molar-refractivity contribution in [2.45, 2.75) is 51.4 Å². The predicted octanol–water partition coefficient (Wildman–Crippen LogP) is 2.95. The van der Waals surface area contributed by atoms with Gasteiger partial charge in [0, 0.05) is 11.9 Å². The molecule has 1 saturated carbocycles. The zero-order valence-electron chi connectivity index (χ0n) is 13.0. The van der Waals surface area contributed by atoms with Gasteiger partial charge in [0.15, 0.2) is 0 Å². The average Bonchev–Trinajstić information content (AvgIpc) is 2.97. The molecule has 3 aliphatic rings. The summed E-state index contributed by atoms with van der Waals surface area (Å²) < 4.78 is 12.0. The van der Waals surface area contributed by atoms with E-state index in [1.165, 1.54) is 0 Å². The molecule has 2 aliphatic carbocycles. The molecule has 4 rings (SSSR count). The van der Waals surface area contributed by atoms with E-state index in [2.05, 4.69) is 18.0 Å². The number of carbonyl (C=O) groups is 1. The monoisotopic (exact) mass is 299 g/mol. The van der Waals surface area contributed by atoms with E-state index < -0.39 is 5.60 Å². The van der Waals surface area contributed by atoms with Crippen LogP contribution < -0.4 is 0 Å². The second-order valence-corrected chi connectivity index (χ2v) is 6.85. The molecule has 0 spiro atoms. The second-order valence-electron chi connectivity index (χ2n) is 6.85. The largest absolute Gasteiger partial charge is 0.455 e. The van der Waals surface area contributed by atoms with Gasteiger partial charge in [-0.2, -0.15) is 0 Å². The summed E-state index contributed by atoms with van der Waals surface area (Å²) in [5.74, 6) is 0.628. The summed E-state index contributed by atoms with van der Waals surface area (Å²) in [5, 5.41) is 0. The molecule has 0 amide bonds. The lowest BCUT2D eigenvalue weighted by Crippen LogP contribution is -2.46. The van der Waals surface area contributed by atoms with Gasteiger partial charge in [-0.05, 0) is 49.7 Å². The van der Waals surface area contributed by atoms with Gasteiger partial charge in [-0.25, -0.2) is 4.79 Å². The minimum Gasteiger partial charge on any atom is -0.455 e. The van der Waals surface area contributed by atoms with E-state index in [0.29, 0.717) is 18.4 Å². The maximum Gasteiger partial charge on any atom is 0.337 e. The van der Waals surface area contributed by atoms with Crippen LogP contribution in [0.2, 0.25) is 0 Å². The number of nitrogens with zero attached hydrogens (tertiary/aromatic N) is 1. The minimum absolute atomic E-state index is 0.109. The van der Waals surface area contributed by atoms with Gasteiger partial charge in [0.25, 0.3) is 0 Å². The Balaban J connectivity index is 1.64. The zero-order valence-corrected chi connectivity index (χ0v) is 13.0. The Hall–Kier alpha value is -1.68. The summed E-state index contributed by atoms with van der Waals surface area (Å²) in [7, 11) is 0. The van der Waals surface area contributed by atoms with Gasteiger partial charge in [-0.15, -0.1) is 0 Å². The number of hydrogen-bond acceptors (Lipinski definition) is 4. The van der Waals surface area contributed by atoms with Crippen molar-refractivity contribution in [3.8, 4) is 0 Å². The first-order valence-electron chi connectivity index (χ1n) is 8.08. The van der Waals surface area contributed by atoms with Crippen molar-refractivity contribution in [1.29, 1.82) is 0 Å². The average molecular weight is 299 g/mol. The van der Waals surface area contributed by atoms with Gasteiger partial charge in [0.05, 0.1) is 12.2 Å². The lowest BCUT2D eigenvalue weighted by molar-refractivity contribution is -0.142. The fourth-order valence-corrected chi connectivity index (χ4v) is 4.30. The first kappa shape index (κ1) is 13.9. The molecule has 1 aromatic rings. The normalized spacial score (nSPS) is 36.0. The molecule has 0 bridgehead atoms. The summed E-state index contributed by atoms with van der Waals surface area (Å²) in [5.41, 5.74) is 2.28. The third-order valence-corrected chi connectivity index (χ3v) is 5.31. The molecule has 0 radical (unpaired) electrons. The highest BCUT2D eigenvalue weighted by atomic mass is 16.6. The molecule has 4 nitrogen and oxygen atoms in total. The van der Waals surface area contributed by atoms with Gasteiger partial charge in [-0.1, -0.05) is 19.1 Å². The molecule has 4 heteroatoms. The molecule has 0 N–H and O–H groups in total. The van der Waals surface area contributed by atoms with Gasteiger partial charge in [0.1, 0.15) is 11.7 Å². The smallest absolute Gasteiger partial charge is 0.337 e. The molecule has 116 valence electrons. The quantitative estimate of drug-likeness (QED) is 0.805. The van der Waals surface area contributed by atoms with E-state index >= 15 is 0 Å². The van der Waals surface area contributed by atoms with Crippen LogP contribution in [0.1, 0.15) is 37.4 Å². The second kappa shape index (κ2) is 4.92. The number of aryl methyl sites for hydroxylation is 1. The number of hydrogen-bond donors (Lipinski definition) is 0. The molecule has 1 saturated heterocycles. The maximum atomic E-state index is 12.2. The van der Waals surface area contributed by atoms with E-state index in [9.17, 15) is 4.79 Å².